The molecule has 0 aliphatic carbocycles. The number of carbonyl (C=O) groups excluding carboxylic acids is 1. The third-order valence-electron chi connectivity index (χ3n) is 4.95. The maximum Gasteiger partial charge on any atom is 0.254 e. The number of sulfonamides is 1. The number of nitrogens with one attached hydrogen (secondary N) is 1. The van der Waals surface area contributed by atoms with E-state index >= 15 is 0 Å². The molecule has 0 radical (unpaired) electrons. The lowest BCUT2D eigenvalue weighted by Crippen LogP contribution is -2.49. The van der Waals surface area contributed by atoms with Crippen molar-refractivity contribution in [3.05, 3.63) is 59.2 Å². The highest BCUT2D eigenvalue weighted by molar-refractivity contribution is 7.89. The molecule has 0 unspecified atom stereocenters. The van der Waals surface area contributed by atoms with E-state index < -0.39 is 10.0 Å². The number of aryl methyl sites for hydroxylation is 2. The highest BCUT2D eigenvalue weighted by Gasteiger charge is 2.24. The van der Waals surface area contributed by atoms with Crippen LogP contribution in [0.15, 0.2) is 47.4 Å². The topological polar surface area (TPSA) is 69.7 Å². The standard InChI is InChI=1S/C20H25N3O3S/c1-15-5-4-6-17(13-15)22-9-11-23(12-10-22)20(24)19-14-18(8-7-16(19)2)27(25,26)21-3/h4-8,13-14,21H,9-12H2,1-3H3. The average Bonchev–Trinajstić information content (AvgIpc) is 2.68. The number of nitrogens with zero attached hydrogens (tertiary/aromatic N) is 2. The van der Waals surface area contributed by atoms with Crippen LogP contribution in [-0.2, 0) is 10.0 Å². The van der Waals surface area contributed by atoms with E-state index in [1.807, 2.05) is 13.0 Å². The van der Waals surface area contributed by atoms with E-state index in [0.717, 1.165) is 18.7 Å². The summed E-state index contributed by atoms with van der Waals surface area (Å²) in [4.78, 5) is 17.2. The zero-order valence-corrected chi connectivity index (χ0v) is 16.7. The van der Waals surface area contributed by atoms with Gasteiger partial charge in [0.25, 0.3) is 5.91 Å². The molecule has 0 spiro atoms. The highest BCUT2D eigenvalue weighted by atomic mass is 32.2. The normalized spacial score (nSPS) is 15.1. The van der Waals surface area contributed by atoms with Gasteiger partial charge in [0.1, 0.15) is 0 Å². The van der Waals surface area contributed by atoms with Gasteiger partial charge in [-0.15, -0.1) is 0 Å². The number of piperazine rings is 1. The Hall–Kier alpha value is -2.38. The third kappa shape index (κ3) is 4.14. The number of carbonyl (C=O) groups is 1. The van der Waals surface area contributed by atoms with E-state index in [4.69, 9.17) is 0 Å². The van der Waals surface area contributed by atoms with Gasteiger partial charge in [-0.2, -0.15) is 0 Å². The van der Waals surface area contributed by atoms with Crippen LogP contribution >= 0.6 is 0 Å². The molecule has 6 nitrogen and oxygen atoms in total. The number of hydrogen-bond acceptors (Lipinski definition) is 4. The van der Waals surface area contributed by atoms with E-state index in [0.29, 0.717) is 18.7 Å². The Morgan fingerprint density at radius 2 is 1.70 bits per heavy atom. The molecule has 0 saturated carbocycles. The second kappa shape index (κ2) is 7.70. The first-order valence-corrected chi connectivity index (χ1v) is 10.5. The molecule has 2 aromatic rings. The lowest BCUT2D eigenvalue weighted by Gasteiger charge is -2.36. The van der Waals surface area contributed by atoms with Crippen LogP contribution in [0.5, 0.6) is 0 Å². The Kier molecular flexibility index (Phi) is 5.53. The van der Waals surface area contributed by atoms with Gasteiger partial charge in [0.2, 0.25) is 10.0 Å². The highest BCUT2D eigenvalue weighted by Crippen LogP contribution is 2.21. The maximum absolute atomic E-state index is 13.0. The minimum Gasteiger partial charge on any atom is -0.368 e. The molecule has 3 rings (SSSR count). The number of benzene rings is 2. The van der Waals surface area contributed by atoms with Gasteiger partial charge >= 0.3 is 0 Å². The summed E-state index contributed by atoms with van der Waals surface area (Å²) >= 11 is 0. The molecule has 1 aliphatic heterocycles. The first kappa shape index (κ1) is 19.4. The van der Waals surface area contributed by atoms with Crippen LogP contribution in [0.2, 0.25) is 0 Å². The zero-order valence-electron chi connectivity index (χ0n) is 15.9. The minimum atomic E-state index is -3.58. The first-order valence-electron chi connectivity index (χ1n) is 8.97. The molecule has 1 amide bonds. The molecule has 1 aliphatic rings. The van der Waals surface area contributed by atoms with E-state index in [2.05, 4.69) is 34.7 Å². The number of hydrogen-bond donors (Lipinski definition) is 1. The fourth-order valence-electron chi connectivity index (χ4n) is 3.28. The van der Waals surface area contributed by atoms with Gasteiger partial charge in [0.15, 0.2) is 0 Å². The molecular weight excluding hydrogens is 362 g/mol. The number of rotatable bonds is 4. The average molecular weight is 388 g/mol. The smallest absolute Gasteiger partial charge is 0.254 e. The molecule has 144 valence electrons. The minimum absolute atomic E-state index is 0.109. The second-order valence-corrected chi connectivity index (χ2v) is 8.69. The molecule has 0 bridgehead atoms. The van der Waals surface area contributed by atoms with Gasteiger partial charge in [0.05, 0.1) is 4.90 Å². The van der Waals surface area contributed by atoms with Gasteiger partial charge in [-0.3, -0.25) is 4.79 Å². The number of anilines is 1. The Morgan fingerprint density at radius 3 is 2.33 bits per heavy atom. The van der Waals surface area contributed by atoms with Crippen LogP contribution in [0.1, 0.15) is 21.5 Å². The molecule has 1 fully saturated rings. The van der Waals surface area contributed by atoms with E-state index in [1.54, 1.807) is 11.0 Å². The van der Waals surface area contributed by atoms with Gasteiger partial charge in [-0.1, -0.05) is 18.2 Å². The quantitative estimate of drug-likeness (QED) is 0.873. The molecule has 0 aromatic heterocycles. The summed E-state index contributed by atoms with van der Waals surface area (Å²) in [7, 11) is -2.22. The summed E-state index contributed by atoms with van der Waals surface area (Å²) in [6.45, 7) is 6.61. The predicted molar refractivity (Wildman–Crippen MR) is 107 cm³/mol. The summed E-state index contributed by atoms with van der Waals surface area (Å²) in [6, 6.07) is 13.0. The fourth-order valence-corrected chi connectivity index (χ4v) is 4.04. The van der Waals surface area contributed by atoms with Crippen LogP contribution in [-0.4, -0.2) is 52.5 Å². The fraction of sp³-hybridized carbons (Fsp3) is 0.350. The lowest BCUT2D eigenvalue weighted by atomic mass is 10.1. The van der Waals surface area contributed by atoms with Crippen molar-refractivity contribution >= 4 is 21.6 Å². The van der Waals surface area contributed by atoms with Gasteiger partial charge in [-0.05, 0) is 56.3 Å². The van der Waals surface area contributed by atoms with Crippen molar-refractivity contribution in [2.45, 2.75) is 18.7 Å². The third-order valence-corrected chi connectivity index (χ3v) is 6.36. The summed E-state index contributed by atoms with van der Waals surface area (Å²) < 4.78 is 26.4. The summed E-state index contributed by atoms with van der Waals surface area (Å²) in [5.74, 6) is -0.121. The van der Waals surface area contributed by atoms with Gasteiger partial charge in [-0.25, -0.2) is 13.1 Å². The van der Waals surface area contributed by atoms with Crippen LogP contribution in [0.25, 0.3) is 0 Å². The predicted octanol–water partition coefficient (Wildman–Crippen LogP) is 2.17. The monoisotopic (exact) mass is 387 g/mol. The second-order valence-electron chi connectivity index (χ2n) is 6.80. The van der Waals surface area contributed by atoms with E-state index in [-0.39, 0.29) is 10.8 Å². The molecular formula is C20H25N3O3S. The van der Waals surface area contributed by atoms with Crippen LogP contribution in [0.4, 0.5) is 5.69 Å². The Bertz CT molecular complexity index is 949. The van der Waals surface area contributed by atoms with Crippen molar-refractivity contribution in [1.29, 1.82) is 0 Å². The van der Waals surface area contributed by atoms with Crippen molar-refractivity contribution < 1.29 is 13.2 Å². The van der Waals surface area contributed by atoms with Crippen LogP contribution < -0.4 is 9.62 Å². The molecule has 0 atom stereocenters. The molecule has 2 aromatic carbocycles. The molecule has 1 saturated heterocycles. The number of amides is 1. The van der Waals surface area contributed by atoms with Crippen molar-refractivity contribution in [1.82, 2.24) is 9.62 Å². The summed E-state index contributed by atoms with van der Waals surface area (Å²) in [5, 5.41) is 0. The zero-order chi connectivity index (χ0) is 19.6. The van der Waals surface area contributed by atoms with Crippen molar-refractivity contribution in [2.75, 3.05) is 38.1 Å². The van der Waals surface area contributed by atoms with E-state index in [9.17, 15) is 13.2 Å². The molecule has 1 heterocycles. The van der Waals surface area contributed by atoms with Crippen LogP contribution in [0, 0.1) is 13.8 Å². The molecule has 27 heavy (non-hydrogen) atoms. The first-order chi connectivity index (χ1) is 12.8. The summed E-state index contributed by atoms with van der Waals surface area (Å²) in [5.41, 5.74) is 3.59. The lowest BCUT2D eigenvalue weighted by molar-refractivity contribution is 0.0746. The molecule has 1 N–H and O–H groups in total. The van der Waals surface area contributed by atoms with E-state index in [1.165, 1.54) is 30.4 Å². The maximum atomic E-state index is 13.0. The summed E-state index contributed by atoms with van der Waals surface area (Å²) in [6.07, 6.45) is 0. The molecule has 7 heteroatoms. The van der Waals surface area contributed by atoms with Crippen LogP contribution in [0.3, 0.4) is 0 Å². The van der Waals surface area contributed by atoms with Gasteiger partial charge < -0.3 is 9.80 Å². The van der Waals surface area contributed by atoms with Crippen molar-refractivity contribution in [3.63, 3.8) is 0 Å². The van der Waals surface area contributed by atoms with Crippen molar-refractivity contribution in [3.8, 4) is 0 Å². The largest absolute Gasteiger partial charge is 0.368 e. The Morgan fingerprint density at radius 1 is 1.00 bits per heavy atom. The van der Waals surface area contributed by atoms with Crippen molar-refractivity contribution in [2.24, 2.45) is 0 Å². The van der Waals surface area contributed by atoms with Gasteiger partial charge in [0, 0.05) is 37.4 Å². The Labute approximate surface area is 160 Å². The SMILES string of the molecule is CNS(=O)(=O)c1ccc(C)c(C(=O)N2CCN(c3cccc(C)c3)CC2)c1. The Balaban J connectivity index is 1.75.